The van der Waals surface area contributed by atoms with Crippen molar-refractivity contribution in [1.82, 2.24) is 20.4 Å². The van der Waals surface area contributed by atoms with Gasteiger partial charge in [0.2, 0.25) is 0 Å². The van der Waals surface area contributed by atoms with Gasteiger partial charge in [-0.15, -0.1) is 0 Å². The van der Waals surface area contributed by atoms with E-state index in [1.165, 1.54) is 11.8 Å². The van der Waals surface area contributed by atoms with Crippen LogP contribution in [0.2, 0.25) is 10.0 Å². The third kappa shape index (κ3) is 3.93. The molecule has 2 aromatic rings. The second-order valence-corrected chi connectivity index (χ2v) is 6.11. The highest BCUT2D eigenvalue weighted by atomic mass is 35.5. The molecular formula is C16H16Cl2N4O. The number of nitrogens with one attached hydrogen (secondary N) is 2. The monoisotopic (exact) mass is 350 g/mol. The van der Waals surface area contributed by atoms with Crippen LogP contribution in [0.4, 0.5) is 0 Å². The summed E-state index contributed by atoms with van der Waals surface area (Å²) in [6.45, 7) is 2.38. The molecule has 2 N–H and O–H groups in total. The van der Waals surface area contributed by atoms with E-state index in [0.717, 1.165) is 19.5 Å². The van der Waals surface area contributed by atoms with E-state index in [4.69, 9.17) is 23.2 Å². The van der Waals surface area contributed by atoms with E-state index < -0.39 is 0 Å². The zero-order chi connectivity index (χ0) is 16.2. The van der Waals surface area contributed by atoms with E-state index in [9.17, 15) is 4.79 Å². The second kappa shape index (κ2) is 7.17. The molecule has 0 aliphatic carbocycles. The van der Waals surface area contributed by atoms with Crippen molar-refractivity contribution in [2.75, 3.05) is 19.6 Å². The van der Waals surface area contributed by atoms with E-state index in [0.29, 0.717) is 27.8 Å². The maximum absolute atomic E-state index is 12.2. The fourth-order valence-corrected chi connectivity index (χ4v) is 2.86. The van der Waals surface area contributed by atoms with Gasteiger partial charge in [0.05, 0.1) is 22.5 Å². The molecule has 0 radical (unpaired) electrons. The lowest BCUT2D eigenvalue weighted by Gasteiger charge is -2.14. The first-order valence-electron chi connectivity index (χ1n) is 7.30. The van der Waals surface area contributed by atoms with Crippen LogP contribution in [0.1, 0.15) is 16.8 Å². The van der Waals surface area contributed by atoms with Crippen LogP contribution in [0, 0.1) is 0 Å². The average molecular weight is 351 g/mol. The predicted octanol–water partition coefficient (Wildman–Crippen LogP) is 2.83. The molecule has 0 saturated heterocycles. The summed E-state index contributed by atoms with van der Waals surface area (Å²) in [6.07, 6.45) is 6.25. The normalized spacial score (nSPS) is 14.4. The summed E-state index contributed by atoms with van der Waals surface area (Å²) < 4.78 is 1.57. The van der Waals surface area contributed by atoms with Crippen LogP contribution >= 0.6 is 23.2 Å². The smallest absolute Gasteiger partial charge is 0.254 e. The molecule has 1 aromatic carbocycles. The molecule has 1 aromatic heterocycles. The molecule has 3 rings (SSSR count). The van der Waals surface area contributed by atoms with E-state index >= 15 is 0 Å². The van der Waals surface area contributed by atoms with E-state index in [-0.39, 0.29) is 5.91 Å². The molecule has 5 nitrogen and oxygen atoms in total. The maximum Gasteiger partial charge on any atom is 0.254 e. The first kappa shape index (κ1) is 16.1. The van der Waals surface area contributed by atoms with E-state index in [1.807, 2.05) is 0 Å². The Bertz CT molecular complexity index is 754. The van der Waals surface area contributed by atoms with Crippen molar-refractivity contribution in [2.45, 2.75) is 6.42 Å². The first-order chi connectivity index (χ1) is 11.1. The molecule has 1 amide bonds. The zero-order valence-electron chi connectivity index (χ0n) is 12.4. The number of hydrogen-bond donors (Lipinski definition) is 2. The van der Waals surface area contributed by atoms with Crippen LogP contribution in [-0.2, 0) is 0 Å². The Morgan fingerprint density at radius 2 is 2.26 bits per heavy atom. The number of halogens is 2. The molecule has 0 spiro atoms. The molecule has 23 heavy (non-hydrogen) atoms. The first-order valence-corrected chi connectivity index (χ1v) is 8.06. The van der Waals surface area contributed by atoms with Crippen molar-refractivity contribution in [2.24, 2.45) is 0 Å². The van der Waals surface area contributed by atoms with Crippen LogP contribution in [0.3, 0.4) is 0 Å². The fourth-order valence-electron chi connectivity index (χ4n) is 2.36. The number of carbonyl (C=O) groups excluding carboxylic acids is 1. The minimum Gasteiger partial charge on any atom is -0.348 e. The van der Waals surface area contributed by atoms with Crippen molar-refractivity contribution in [3.63, 3.8) is 0 Å². The van der Waals surface area contributed by atoms with Crippen molar-refractivity contribution in [3.8, 4) is 5.69 Å². The molecule has 1 aliphatic heterocycles. The quantitative estimate of drug-likeness (QED) is 0.833. The predicted molar refractivity (Wildman–Crippen MR) is 91.5 cm³/mol. The maximum atomic E-state index is 12.2. The Labute approximate surface area is 144 Å². The minimum atomic E-state index is -0.152. The molecule has 120 valence electrons. The zero-order valence-corrected chi connectivity index (χ0v) is 13.9. The molecule has 0 fully saturated rings. The van der Waals surface area contributed by atoms with Crippen LogP contribution in [0.5, 0.6) is 0 Å². The summed E-state index contributed by atoms with van der Waals surface area (Å²) in [5.74, 6) is -0.152. The summed E-state index contributed by atoms with van der Waals surface area (Å²) >= 11 is 12.0. The highest BCUT2D eigenvalue weighted by Crippen LogP contribution is 2.24. The molecule has 0 bridgehead atoms. The number of aromatic nitrogens is 2. The molecule has 0 unspecified atom stereocenters. The summed E-state index contributed by atoms with van der Waals surface area (Å²) in [7, 11) is 0. The van der Waals surface area contributed by atoms with Gasteiger partial charge in [-0.25, -0.2) is 4.68 Å². The summed E-state index contributed by atoms with van der Waals surface area (Å²) in [6, 6.07) is 5.14. The molecule has 2 heterocycles. The van der Waals surface area contributed by atoms with Gasteiger partial charge in [0.1, 0.15) is 0 Å². The standard InChI is InChI=1S/C16H16Cl2N4O/c17-13-1-2-15(14(18)7-13)22-10-12(9-21-22)16(23)20-8-11-3-5-19-6-4-11/h1-3,7,9-10,19H,4-6,8H2,(H,20,23). The third-order valence-electron chi connectivity index (χ3n) is 3.64. The second-order valence-electron chi connectivity index (χ2n) is 5.27. The van der Waals surface area contributed by atoms with E-state index in [1.54, 1.807) is 29.1 Å². The van der Waals surface area contributed by atoms with Gasteiger partial charge in [0.15, 0.2) is 0 Å². The molecule has 0 saturated carbocycles. The number of amides is 1. The molecule has 0 atom stereocenters. The number of hydrogen-bond acceptors (Lipinski definition) is 3. The number of carbonyl (C=O) groups is 1. The molecular weight excluding hydrogens is 335 g/mol. The number of rotatable bonds is 4. The Morgan fingerprint density at radius 1 is 1.39 bits per heavy atom. The Balaban J connectivity index is 1.68. The van der Waals surface area contributed by atoms with Crippen molar-refractivity contribution < 1.29 is 4.79 Å². The lowest BCUT2D eigenvalue weighted by molar-refractivity contribution is 0.0956. The van der Waals surface area contributed by atoms with Gasteiger partial charge in [0, 0.05) is 24.3 Å². The largest absolute Gasteiger partial charge is 0.348 e. The number of benzene rings is 1. The van der Waals surface area contributed by atoms with Crippen molar-refractivity contribution >= 4 is 29.1 Å². The summed E-state index contributed by atoms with van der Waals surface area (Å²) in [5, 5.41) is 11.4. The third-order valence-corrected chi connectivity index (χ3v) is 4.17. The van der Waals surface area contributed by atoms with Crippen LogP contribution in [0.15, 0.2) is 42.2 Å². The SMILES string of the molecule is O=C(NCC1=CCNCC1)c1cnn(-c2ccc(Cl)cc2Cl)c1. The topological polar surface area (TPSA) is 59.0 Å². The highest BCUT2D eigenvalue weighted by Gasteiger charge is 2.12. The van der Waals surface area contributed by atoms with Crippen molar-refractivity contribution in [1.29, 1.82) is 0 Å². The fraction of sp³-hybridized carbons (Fsp3) is 0.250. The molecule has 7 heteroatoms. The van der Waals surface area contributed by atoms with Gasteiger partial charge in [-0.3, -0.25) is 4.79 Å². The lowest BCUT2D eigenvalue weighted by Crippen LogP contribution is -2.29. The summed E-state index contributed by atoms with van der Waals surface area (Å²) in [5.41, 5.74) is 2.41. The van der Waals surface area contributed by atoms with Gasteiger partial charge < -0.3 is 10.6 Å². The minimum absolute atomic E-state index is 0.152. The Hall–Kier alpha value is -1.82. The Kier molecular flexibility index (Phi) is 5.00. The molecule has 1 aliphatic rings. The van der Waals surface area contributed by atoms with E-state index in [2.05, 4.69) is 21.8 Å². The van der Waals surface area contributed by atoms with Gasteiger partial charge >= 0.3 is 0 Å². The van der Waals surface area contributed by atoms with Crippen LogP contribution in [-0.4, -0.2) is 35.3 Å². The van der Waals surface area contributed by atoms with Crippen LogP contribution in [0.25, 0.3) is 5.69 Å². The van der Waals surface area contributed by atoms with Crippen molar-refractivity contribution in [3.05, 3.63) is 57.9 Å². The lowest BCUT2D eigenvalue weighted by atomic mass is 10.1. The van der Waals surface area contributed by atoms with Gasteiger partial charge in [-0.05, 0) is 31.2 Å². The average Bonchev–Trinajstić information content (AvgIpc) is 3.03. The summed E-state index contributed by atoms with van der Waals surface area (Å²) in [4.78, 5) is 12.2. The van der Waals surface area contributed by atoms with Crippen LogP contribution < -0.4 is 10.6 Å². The van der Waals surface area contributed by atoms with Gasteiger partial charge in [-0.2, -0.15) is 5.10 Å². The van der Waals surface area contributed by atoms with Gasteiger partial charge in [-0.1, -0.05) is 34.9 Å². The van der Waals surface area contributed by atoms with Gasteiger partial charge in [0.25, 0.3) is 5.91 Å². The highest BCUT2D eigenvalue weighted by molar-refractivity contribution is 6.35. The number of nitrogens with zero attached hydrogens (tertiary/aromatic N) is 2. The Morgan fingerprint density at radius 3 is 3.00 bits per heavy atom.